The molecular weight excluding hydrogens is 256 g/mol. The Morgan fingerprint density at radius 1 is 1.35 bits per heavy atom. The van der Waals surface area contributed by atoms with Crippen LogP contribution >= 0.6 is 0 Å². The third-order valence-corrected chi connectivity index (χ3v) is 2.74. The minimum absolute atomic E-state index is 0.0947. The number of hydrogen-bond donors (Lipinski definition) is 2. The molecule has 0 unspecified atom stereocenters. The number of ether oxygens (including phenoxy) is 1. The predicted octanol–water partition coefficient (Wildman–Crippen LogP) is 0.537. The first-order valence-electron chi connectivity index (χ1n) is 6.40. The van der Waals surface area contributed by atoms with Crippen molar-refractivity contribution in [3.05, 3.63) is 48.5 Å². The predicted molar refractivity (Wildman–Crippen MR) is 75.1 cm³/mol. The molecule has 6 nitrogen and oxygen atoms in total. The molecule has 0 aliphatic heterocycles. The lowest BCUT2D eigenvalue weighted by Crippen LogP contribution is -2.20. The molecule has 0 bridgehead atoms. The number of nitrogens with two attached hydrogens (primary N) is 1. The maximum absolute atomic E-state index is 10.6. The van der Waals surface area contributed by atoms with Gasteiger partial charge in [0.1, 0.15) is 5.75 Å². The quantitative estimate of drug-likeness (QED) is 0.688. The first-order chi connectivity index (χ1) is 9.74. The Labute approximate surface area is 117 Å². The minimum atomic E-state index is -0.477. The lowest BCUT2D eigenvalue weighted by atomic mass is 10.2. The molecule has 0 saturated heterocycles. The van der Waals surface area contributed by atoms with Gasteiger partial charge >= 0.3 is 0 Å². The van der Waals surface area contributed by atoms with Crippen LogP contribution < -0.4 is 15.8 Å². The zero-order chi connectivity index (χ0) is 14.2. The van der Waals surface area contributed by atoms with Crippen molar-refractivity contribution >= 4 is 5.91 Å². The molecule has 0 saturated carbocycles. The fraction of sp³-hybridized carbons (Fsp3) is 0.286. The third-order valence-electron chi connectivity index (χ3n) is 2.74. The zero-order valence-corrected chi connectivity index (χ0v) is 11.2. The number of nitrogens with zero attached hydrogens (tertiary/aromatic N) is 2. The molecule has 0 fully saturated rings. The summed E-state index contributed by atoms with van der Waals surface area (Å²) in [4.78, 5) is 14.6. The van der Waals surface area contributed by atoms with Crippen molar-refractivity contribution in [3.63, 3.8) is 0 Å². The molecule has 0 atom stereocenters. The first-order valence-corrected chi connectivity index (χ1v) is 6.40. The van der Waals surface area contributed by atoms with Crippen molar-refractivity contribution in [2.24, 2.45) is 5.73 Å². The Morgan fingerprint density at radius 2 is 2.15 bits per heavy atom. The summed E-state index contributed by atoms with van der Waals surface area (Å²) in [5.41, 5.74) is 6.17. The summed E-state index contributed by atoms with van der Waals surface area (Å²) >= 11 is 0. The van der Waals surface area contributed by atoms with Gasteiger partial charge in [-0.05, 0) is 17.7 Å². The van der Waals surface area contributed by atoms with Crippen molar-refractivity contribution in [2.75, 3.05) is 13.2 Å². The molecule has 0 aliphatic carbocycles. The molecule has 3 N–H and O–H groups in total. The highest BCUT2D eigenvalue weighted by atomic mass is 16.5. The van der Waals surface area contributed by atoms with Crippen molar-refractivity contribution in [1.82, 2.24) is 14.9 Å². The molecule has 20 heavy (non-hydrogen) atoms. The maximum atomic E-state index is 10.6. The molecule has 1 amide bonds. The third kappa shape index (κ3) is 4.74. The highest BCUT2D eigenvalue weighted by molar-refractivity contribution is 5.75. The summed E-state index contributed by atoms with van der Waals surface area (Å²) in [5, 5.41) is 3.35. The number of carbonyl (C=O) groups is 1. The number of amides is 1. The smallest absolute Gasteiger partial charge is 0.255 e. The number of carbonyl (C=O) groups excluding carboxylic acids is 1. The van der Waals surface area contributed by atoms with Crippen LogP contribution in [0.25, 0.3) is 0 Å². The molecule has 1 aromatic carbocycles. The second-order valence-electron chi connectivity index (χ2n) is 4.38. The summed E-state index contributed by atoms with van der Waals surface area (Å²) < 4.78 is 7.21. The van der Waals surface area contributed by atoms with Gasteiger partial charge in [-0.15, -0.1) is 0 Å². The van der Waals surface area contributed by atoms with Crippen LogP contribution in [0.1, 0.15) is 5.56 Å². The van der Waals surface area contributed by atoms with Crippen LogP contribution in [0.3, 0.4) is 0 Å². The zero-order valence-electron chi connectivity index (χ0n) is 11.2. The summed E-state index contributed by atoms with van der Waals surface area (Å²) in [6, 6.07) is 7.58. The summed E-state index contributed by atoms with van der Waals surface area (Å²) in [5.74, 6) is 0.168. The van der Waals surface area contributed by atoms with E-state index in [-0.39, 0.29) is 6.61 Å². The van der Waals surface area contributed by atoms with Gasteiger partial charge in [-0.1, -0.05) is 12.1 Å². The number of nitrogens with one attached hydrogen (secondary N) is 1. The van der Waals surface area contributed by atoms with E-state index in [1.165, 1.54) is 0 Å². The second-order valence-corrected chi connectivity index (χ2v) is 4.38. The maximum Gasteiger partial charge on any atom is 0.255 e. The topological polar surface area (TPSA) is 82.2 Å². The van der Waals surface area contributed by atoms with Crippen molar-refractivity contribution in [3.8, 4) is 5.75 Å². The summed E-state index contributed by atoms with van der Waals surface area (Å²) in [7, 11) is 0. The standard InChI is InChI=1S/C14H18N4O2/c15-14(19)10-20-13-3-1-12(2-4-13)9-16-5-7-18-8-6-17-11-18/h1-4,6,8,11,16H,5,7,9-10H2,(H2,15,19). The molecule has 6 heteroatoms. The van der Waals surface area contributed by atoms with E-state index in [9.17, 15) is 4.79 Å². The Balaban J connectivity index is 1.69. The lowest BCUT2D eigenvalue weighted by molar-refractivity contribution is -0.119. The Morgan fingerprint density at radius 3 is 2.80 bits per heavy atom. The van der Waals surface area contributed by atoms with Crippen LogP contribution in [0.15, 0.2) is 43.0 Å². The van der Waals surface area contributed by atoms with Gasteiger partial charge in [0.2, 0.25) is 0 Å². The fourth-order valence-corrected chi connectivity index (χ4v) is 1.72. The van der Waals surface area contributed by atoms with Crippen molar-refractivity contribution in [1.29, 1.82) is 0 Å². The molecule has 106 valence electrons. The van der Waals surface area contributed by atoms with Crippen molar-refractivity contribution in [2.45, 2.75) is 13.1 Å². The van der Waals surface area contributed by atoms with E-state index in [0.717, 1.165) is 25.2 Å². The fourth-order valence-electron chi connectivity index (χ4n) is 1.72. The number of aromatic nitrogens is 2. The van der Waals surface area contributed by atoms with E-state index in [1.807, 2.05) is 35.0 Å². The number of primary amides is 1. The Bertz CT molecular complexity index is 523. The molecule has 1 heterocycles. The summed E-state index contributed by atoms with van der Waals surface area (Å²) in [6.45, 7) is 2.45. The second kappa shape index (κ2) is 7.30. The van der Waals surface area contributed by atoms with E-state index in [1.54, 1.807) is 12.5 Å². The van der Waals surface area contributed by atoms with Crippen LogP contribution in [0.5, 0.6) is 5.75 Å². The van der Waals surface area contributed by atoms with E-state index >= 15 is 0 Å². The van der Waals surface area contributed by atoms with Gasteiger partial charge in [-0.25, -0.2) is 4.98 Å². The Hall–Kier alpha value is -2.34. The number of benzene rings is 1. The van der Waals surface area contributed by atoms with Crippen LogP contribution in [0.2, 0.25) is 0 Å². The molecule has 0 aliphatic rings. The average Bonchev–Trinajstić information content (AvgIpc) is 2.96. The highest BCUT2D eigenvalue weighted by Crippen LogP contribution is 2.11. The van der Waals surface area contributed by atoms with E-state index in [4.69, 9.17) is 10.5 Å². The number of hydrogen-bond acceptors (Lipinski definition) is 4. The Kier molecular flexibility index (Phi) is 5.14. The molecule has 0 radical (unpaired) electrons. The van der Waals surface area contributed by atoms with Crippen molar-refractivity contribution < 1.29 is 9.53 Å². The molecule has 2 rings (SSSR count). The van der Waals surface area contributed by atoms with Gasteiger partial charge in [0, 0.05) is 32.0 Å². The molecular formula is C14H18N4O2. The molecule has 1 aromatic heterocycles. The van der Waals surface area contributed by atoms with Gasteiger partial charge < -0.3 is 20.4 Å². The first kappa shape index (κ1) is 14.1. The number of imidazole rings is 1. The van der Waals surface area contributed by atoms with Crippen LogP contribution in [-0.2, 0) is 17.9 Å². The number of rotatable bonds is 8. The van der Waals surface area contributed by atoms with Crippen LogP contribution in [-0.4, -0.2) is 28.6 Å². The molecule has 2 aromatic rings. The SMILES string of the molecule is NC(=O)COc1ccc(CNCCn2ccnc2)cc1. The average molecular weight is 274 g/mol. The van der Waals surface area contributed by atoms with E-state index < -0.39 is 5.91 Å². The van der Waals surface area contributed by atoms with Gasteiger partial charge in [0.15, 0.2) is 6.61 Å². The largest absolute Gasteiger partial charge is 0.484 e. The van der Waals surface area contributed by atoms with Gasteiger partial charge in [0.25, 0.3) is 5.91 Å². The monoisotopic (exact) mass is 274 g/mol. The van der Waals surface area contributed by atoms with E-state index in [0.29, 0.717) is 5.75 Å². The lowest BCUT2D eigenvalue weighted by Gasteiger charge is -2.07. The van der Waals surface area contributed by atoms with Gasteiger partial charge in [-0.3, -0.25) is 4.79 Å². The minimum Gasteiger partial charge on any atom is -0.484 e. The van der Waals surface area contributed by atoms with Gasteiger partial charge in [-0.2, -0.15) is 0 Å². The summed E-state index contributed by atoms with van der Waals surface area (Å²) in [6.07, 6.45) is 5.50. The van der Waals surface area contributed by atoms with Gasteiger partial charge in [0.05, 0.1) is 6.33 Å². The van der Waals surface area contributed by atoms with Crippen LogP contribution in [0, 0.1) is 0 Å². The van der Waals surface area contributed by atoms with E-state index in [2.05, 4.69) is 10.3 Å². The highest BCUT2D eigenvalue weighted by Gasteiger charge is 1.98. The normalized spacial score (nSPS) is 10.4. The van der Waals surface area contributed by atoms with Crippen LogP contribution in [0.4, 0.5) is 0 Å². The molecule has 0 spiro atoms.